The zero-order chi connectivity index (χ0) is 18.1. The Morgan fingerprint density at radius 1 is 1.19 bits per heavy atom. The summed E-state index contributed by atoms with van der Waals surface area (Å²) in [6.45, 7) is 3.70. The average molecular weight is 352 g/mol. The van der Waals surface area contributed by atoms with Crippen molar-refractivity contribution in [3.05, 3.63) is 48.2 Å². The molecule has 134 valence electrons. The lowest BCUT2D eigenvalue weighted by atomic mass is 10.0. The van der Waals surface area contributed by atoms with E-state index in [1.165, 1.54) is 6.07 Å². The third kappa shape index (κ3) is 3.06. The molecular weight excluding hydrogens is 331 g/mol. The van der Waals surface area contributed by atoms with E-state index in [0.29, 0.717) is 11.6 Å². The summed E-state index contributed by atoms with van der Waals surface area (Å²) in [5.74, 6) is 0.00108. The minimum atomic E-state index is -0.223. The van der Waals surface area contributed by atoms with Crippen LogP contribution in [-0.2, 0) is 0 Å². The minimum absolute atomic E-state index is 0.223. The Balaban J connectivity index is 1.88. The predicted octanol–water partition coefficient (Wildman–Crippen LogP) is 2.96. The van der Waals surface area contributed by atoms with Crippen molar-refractivity contribution in [1.82, 2.24) is 24.8 Å². The van der Waals surface area contributed by atoms with Gasteiger partial charge in [-0.15, -0.1) is 0 Å². The molecule has 0 spiro atoms. The Bertz CT molecular complexity index is 930. The second kappa shape index (κ2) is 6.84. The maximum Gasteiger partial charge on any atom is 0.220 e. The molecule has 3 heterocycles. The Hall–Kier alpha value is -2.80. The minimum Gasteiger partial charge on any atom is -0.368 e. The van der Waals surface area contributed by atoms with Crippen molar-refractivity contribution in [3.63, 3.8) is 0 Å². The summed E-state index contributed by atoms with van der Waals surface area (Å²) >= 11 is 0. The maximum absolute atomic E-state index is 13.7. The zero-order valence-corrected chi connectivity index (χ0v) is 14.6. The van der Waals surface area contributed by atoms with Gasteiger partial charge in [0.05, 0.1) is 23.4 Å². The van der Waals surface area contributed by atoms with E-state index in [1.807, 2.05) is 18.5 Å². The molecule has 2 aromatic heterocycles. The molecule has 26 heavy (non-hydrogen) atoms. The second-order valence-electron chi connectivity index (χ2n) is 6.59. The number of piperidine rings is 1. The Kier molecular flexibility index (Phi) is 4.38. The number of hydrogen-bond acceptors (Lipinski definition) is 5. The molecule has 1 fully saturated rings. The standard InChI is InChI=1S/C19H21FN6/c1-12-10-13(2-3-15(12)20)17-18(16-6-9-23-19(21)25-16)26(11-24-17)14-4-7-22-8-5-14/h2-3,6,9-11,14,22H,4-5,7-8H2,1H3,(H2,21,23,25). The number of benzene rings is 1. The molecule has 0 atom stereocenters. The van der Waals surface area contributed by atoms with Crippen LogP contribution in [0.25, 0.3) is 22.6 Å². The number of nitrogens with one attached hydrogen (secondary N) is 1. The van der Waals surface area contributed by atoms with E-state index in [4.69, 9.17) is 5.73 Å². The number of aromatic nitrogens is 4. The normalized spacial score (nSPS) is 15.3. The van der Waals surface area contributed by atoms with Crippen molar-refractivity contribution in [2.75, 3.05) is 18.8 Å². The van der Waals surface area contributed by atoms with Gasteiger partial charge in [-0.1, -0.05) is 0 Å². The van der Waals surface area contributed by atoms with Gasteiger partial charge in [-0.3, -0.25) is 0 Å². The molecule has 0 radical (unpaired) electrons. The van der Waals surface area contributed by atoms with Crippen LogP contribution in [0.4, 0.5) is 10.3 Å². The van der Waals surface area contributed by atoms with Crippen LogP contribution in [0, 0.1) is 12.7 Å². The predicted molar refractivity (Wildman–Crippen MR) is 98.9 cm³/mol. The molecule has 0 saturated carbocycles. The van der Waals surface area contributed by atoms with Crippen LogP contribution >= 0.6 is 0 Å². The number of anilines is 1. The fourth-order valence-electron chi connectivity index (χ4n) is 3.49. The number of nitrogen functional groups attached to an aromatic ring is 1. The molecule has 7 heteroatoms. The second-order valence-corrected chi connectivity index (χ2v) is 6.59. The summed E-state index contributed by atoms with van der Waals surface area (Å²) in [4.78, 5) is 13.1. The van der Waals surface area contributed by atoms with Crippen molar-refractivity contribution in [1.29, 1.82) is 0 Å². The van der Waals surface area contributed by atoms with Gasteiger partial charge in [-0.2, -0.15) is 0 Å². The summed E-state index contributed by atoms with van der Waals surface area (Å²) in [5, 5.41) is 3.38. The Morgan fingerprint density at radius 2 is 2.00 bits per heavy atom. The molecule has 1 aliphatic heterocycles. The Labute approximate surface area is 151 Å². The highest BCUT2D eigenvalue weighted by Crippen LogP contribution is 2.35. The molecule has 0 amide bonds. The monoisotopic (exact) mass is 352 g/mol. The van der Waals surface area contributed by atoms with E-state index in [1.54, 1.807) is 19.2 Å². The van der Waals surface area contributed by atoms with Crippen molar-refractivity contribution in [2.24, 2.45) is 0 Å². The van der Waals surface area contributed by atoms with Crippen molar-refractivity contribution in [2.45, 2.75) is 25.8 Å². The maximum atomic E-state index is 13.7. The van der Waals surface area contributed by atoms with Crippen molar-refractivity contribution in [3.8, 4) is 22.6 Å². The SMILES string of the molecule is Cc1cc(-c2ncn(C3CCNCC3)c2-c2ccnc(N)n2)ccc1F. The van der Waals surface area contributed by atoms with E-state index in [0.717, 1.165) is 48.6 Å². The molecule has 1 saturated heterocycles. The van der Waals surface area contributed by atoms with Gasteiger partial charge < -0.3 is 15.6 Å². The van der Waals surface area contributed by atoms with Crippen molar-refractivity contribution >= 4 is 5.95 Å². The van der Waals surface area contributed by atoms with Gasteiger partial charge >= 0.3 is 0 Å². The van der Waals surface area contributed by atoms with E-state index in [-0.39, 0.29) is 11.8 Å². The summed E-state index contributed by atoms with van der Waals surface area (Å²) in [6.07, 6.45) is 5.55. The summed E-state index contributed by atoms with van der Waals surface area (Å²) in [6, 6.07) is 7.23. The van der Waals surface area contributed by atoms with Crippen LogP contribution in [0.15, 0.2) is 36.8 Å². The quantitative estimate of drug-likeness (QED) is 0.757. The highest BCUT2D eigenvalue weighted by atomic mass is 19.1. The summed E-state index contributed by atoms with van der Waals surface area (Å²) < 4.78 is 15.9. The van der Waals surface area contributed by atoms with Crippen LogP contribution in [0.5, 0.6) is 0 Å². The largest absolute Gasteiger partial charge is 0.368 e. The molecule has 6 nitrogen and oxygen atoms in total. The first-order valence-corrected chi connectivity index (χ1v) is 8.76. The number of aryl methyl sites for hydroxylation is 1. The van der Waals surface area contributed by atoms with Gasteiger partial charge in [0.25, 0.3) is 0 Å². The molecule has 4 rings (SSSR count). The highest BCUT2D eigenvalue weighted by Gasteiger charge is 2.23. The first-order valence-electron chi connectivity index (χ1n) is 8.76. The lowest BCUT2D eigenvalue weighted by Gasteiger charge is -2.25. The topological polar surface area (TPSA) is 81.7 Å². The van der Waals surface area contributed by atoms with E-state index >= 15 is 0 Å². The number of hydrogen-bond donors (Lipinski definition) is 2. The molecule has 3 aromatic rings. The molecule has 1 aliphatic rings. The molecule has 1 aromatic carbocycles. The van der Waals surface area contributed by atoms with Gasteiger partial charge in [0.15, 0.2) is 0 Å². The van der Waals surface area contributed by atoms with Gasteiger partial charge in [-0.05, 0) is 62.7 Å². The van der Waals surface area contributed by atoms with Crippen LogP contribution in [0.3, 0.4) is 0 Å². The van der Waals surface area contributed by atoms with Gasteiger partial charge in [0, 0.05) is 17.8 Å². The molecule has 0 bridgehead atoms. The van der Waals surface area contributed by atoms with Crippen LogP contribution in [0.1, 0.15) is 24.4 Å². The molecule has 0 unspecified atom stereocenters. The van der Waals surface area contributed by atoms with E-state index in [9.17, 15) is 4.39 Å². The van der Waals surface area contributed by atoms with E-state index < -0.39 is 0 Å². The lowest BCUT2D eigenvalue weighted by Crippen LogP contribution is -2.29. The molecular formula is C19H21FN6. The van der Waals surface area contributed by atoms with Crippen LogP contribution in [0.2, 0.25) is 0 Å². The number of nitrogens with two attached hydrogens (primary N) is 1. The molecule has 0 aliphatic carbocycles. The number of imidazole rings is 1. The first kappa shape index (κ1) is 16.7. The van der Waals surface area contributed by atoms with Gasteiger partial charge in [0.1, 0.15) is 5.82 Å². The fourth-order valence-corrected chi connectivity index (χ4v) is 3.49. The van der Waals surface area contributed by atoms with Gasteiger partial charge in [-0.25, -0.2) is 19.3 Å². The Morgan fingerprint density at radius 3 is 2.73 bits per heavy atom. The van der Waals surface area contributed by atoms with Crippen LogP contribution < -0.4 is 11.1 Å². The molecule has 3 N–H and O–H groups in total. The summed E-state index contributed by atoms with van der Waals surface area (Å²) in [7, 11) is 0. The zero-order valence-electron chi connectivity index (χ0n) is 14.6. The average Bonchev–Trinajstić information content (AvgIpc) is 3.10. The summed E-state index contributed by atoms with van der Waals surface area (Å²) in [5.41, 5.74) is 9.68. The highest BCUT2D eigenvalue weighted by molar-refractivity contribution is 5.77. The van der Waals surface area contributed by atoms with Crippen LogP contribution in [-0.4, -0.2) is 32.6 Å². The smallest absolute Gasteiger partial charge is 0.220 e. The number of rotatable bonds is 3. The van der Waals surface area contributed by atoms with Gasteiger partial charge in [0.2, 0.25) is 5.95 Å². The third-order valence-corrected chi connectivity index (χ3v) is 4.84. The first-order chi connectivity index (χ1) is 12.6. The van der Waals surface area contributed by atoms with E-state index in [2.05, 4.69) is 24.8 Å². The third-order valence-electron chi connectivity index (χ3n) is 4.84. The number of nitrogens with zero attached hydrogens (tertiary/aromatic N) is 4. The lowest BCUT2D eigenvalue weighted by molar-refractivity contribution is 0.370. The van der Waals surface area contributed by atoms with Crippen molar-refractivity contribution < 1.29 is 4.39 Å². The fraction of sp³-hybridized carbons (Fsp3) is 0.316. The number of halogens is 1.